The highest BCUT2D eigenvalue weighted by atomic mass is 32.2. The van der Waals surface area contributed by atoms with E-state index in [1.54, 1.807) is 11.4 Å². The first-order valence-electron chi connectivity index (χ1n) is 7.15. The first kappa shape index (κ1) is 17.9. The van der Waals surface area contributed by atoms with E-state index in [1.807, 2.05) is 13.8 Å². The smallest absolute Gasteiger partial charge is 0.214 e. The van der Waals surface area contributed by atoms with Crippen molar-refractivity contribution in [3.05, 3.63) is 0 Å². The van der Waals surface area contributed by atoms with Crippen LogP contribution in [0.5, 0.6) is 0 Å². The topological polar surface area (TPSA) is 49.4 Å². The number of hydrogen-bond donors (Lipinski definition) is 1. The monoisotopic (exact) mass is 278 g/mol. The van der Waals surface area contributed by atoms with Crippen LogP contribution in [0.1, 0.15) is 52.9 Å². The fourth-order valence-corrected chi connectivity index (χ4v) is 3.62. The summed E-state index contributed by atoms with van der Waals surface area (Å²) in [6, 6.07) is 0.146. The number of rotatable bonds is 11. The Morgan fingerprint density at radius 3 is 2.17 bits per heavy atom. The van der Waals surface area contributed by atoms with Crippen molar-refractivity contribution in [2.75, 3.05) is 25.9 Å². The number of nitrogens with zero attached hydrogens (tertiary/aromatic N) is 1. The number of sulfonamides is 1. The van der Waals surface area contributed by atoms with Crippen LogP contribution in [0.3, 0.4) is 0 Å². The van der Waals surface area contributed by atoms with Crippen molar-refractivity contribution < 1.29 is 8.42 Å². The Hall–Kier alpha value is -0.130. The highest BCUT2D eigenvalue weighted by molar-refractivity contribution is 7.89. The van der Waals surface area contributed by atoms with E-state index in [9.17, 15) is 8.42 Å². The molecular weight excluding hydrogens is 248 g/mol. The van der Waals surface area contributed by atoms with Crippen molar-refractivity contribution in [3.8, 4) is 0 Å². The van der Waals surface area contributed by atoms with Crippen molar-refractivity contribution in [3.63, 3.8) is 0 Å². The molecule has 18 heavy (non-hydrogen) atoms. The SMILES string of the molecule is CCCNCCCCS(=O)(=O)N(C)C(CC)CC. The Morgan fingerprint density at radius 1 is 1.06 bits per heavy atom. The zero-order valence-electron chi connectivity index (χ0n) is 12.4. The predicted molar refractivity (Wildman–Crippen MR) is 78.3 cm³/mol. The summed E-state index contributed by atoms with van der Waals surface area (Å²) in [5, 5.41) is 3.29. The maximum Gasteiger partial charge on any atom is 0.214 e. The summed E-state index contributed by atoms with van der Waals surface area (Å²) in [7, 11) is -1.36. The van der Waals surface area contributed by atoms with Gasteiger partial charge >= 0.3 is 0 Å². The lowest BCUT2D eigenvalue weighted by Crippen LogP contribution is -2.37. The van der Waals surface area contributed by atoms with Gasteiger partial charge < -0.3 is 5.32 Å². The lowest BCUT2D eigenvalue weighted by Gasteiger charge is -2.25. The minimum absolute atomic E-state index is 0.146. The summed E-state index contributed by atoms with van der Waals surface area (Å²) in [6.07, 6.45) is 4.55. The zero-order chi connectivity index (χ0) is 14.0. The van der Waals surface area contributed by atoms with Crippen LogP contribution in [0.4, 0.5) is 0 Å². The van der Waals surface area contributed by atoms with Gasteiger partial charge in [-0.15, -0.1) is 0 Å². The van der Waals surface area contributed by atoms with Crippen molar-refractivity contribution in [1.82, 2.24) is 9.62 Å². The second-order valence-electron chi connectivity index (χ2n) is 4.76. The molecule has 0 aliphatic carbocycles. The molecule has 0 atom stereocenters. The molecule has 0 radical (unpaired) electrons. The largest absolute Gasteiger partial charge is 0.317 e. The number of hydrogen-bond acceptors (Lipinski definition) is 3. The normalized spacial score (nSPS) is 12.6. The molecule has 0 aliphatic rings. The van der Waals surface area contributed by atoms with Crippen LogP contribution in [-0.2, 0) is 10.0 Å². The van der Waals surface area contributed by atoms with Gasteiger partial charge in [0.2, 0.25) is 10.0 Å². The lowest BCUT2D eigenvalue weighted by molar-refractivity contribution is 0.349. The molecule has 0 rings (SSSR count). The van der Waals surface area contributed by atoms with Gasteiger partial charge in [-0.05, 0) is 45.2 Å². The van der Waals surface area contributed by atoms with Crippen LogP contribution in [0.2, 0.25) is 0 Å². The molecule has 0 saturated heterocycles. The van der Waals surface area contributed by atoms with Gasteiger partial charge in [-0.25, -0.2) is 12.7 Å². The van der Waals surface area contributed by atoms with Gasteiger partial charge in [0.15, 0.2) is 0 Å². The van der Waals surface area contributed by atoms with Crippen LogP contribution >= 0.6 is 0 Å². The number of unbranched alkanes of at least 4 members (excludes halogenated alkanes) is 1. The average molecular weight is 278 g/mol. The molecule has 0 aromatic heterocycles. The zero-order valence-corrected chi connectivity index (χ0v) is 13.2. The van der Waals surface area contributed by atoms with E-state index in [1.165, 1.54) is 0 Å². The fourth-order valence-electron chi connectivity index (χ4n) is 2.01. The van der Waals surface area contributed by atoms with E-state index in [0.717, 1.165) is 45.2 Å². The van der Waals surface area contributed by atoms with Gasteiger partial charge in [0.25, 0.3) is 0 Å². The first-order valence-corrected chi connectivity index (χ1v) is 8.76. The van der Waals surface area contributed by atoms with E-state index in [2.05, 4.69) is 12.2 Å². The minimum Gasteiger partial charge on any atom is -0.317 e. The third kappa shape index (κ3) is 6.71. The Bertz CT molecular complexity index is 287. The summed E-state index contributed by atoms with van der Waals surface area (Å²) in [6.45, 7) is 8.13. The molecule has 5 heteroatoms. The van der Waals surface area contributed by atoms with Crippen LogP contribution in [0.25, 0.3) is 0 Å². The van der Waals surface area contributed by atoms with Crippen molar-refractivity contribution >= 4 is 10.0 Å². The fraction of sp³-hybridized carbons (Fsp3) is 1.00. The molecule has 0 fully saturated rings. The van der Waals surface area contributed by atoms with Crippen molar-refractivity contribution in [2.45, 2.75) is 58.9 Å². The molecule has 0 heterocycles. The minimum atomic E-state index is -3.07. The van der Waals surface area contributed by atoms with Crippen LogP contribution in [-0.4, -0.2) is 44.7 Å². The standard InChI is InChI=1S/C13H30N2O2S/c1-5-10-14-11-8-9-12-18(16,17)15(4)13(6-2)7-3/h13-14H,5-12H2,1-4H3. The molecule has 4 nitrogen and oxygen atoms in total. The average Bonchev–Trinajstić information content (AvgIpc) is 2.35. The highest BCUT2D eigenvalue weighted by Crippen LogP contribution is 2.12. The Labute approximate surface area is 113 Å². The van der Waals surface area contributed by atoms with Gasteiger partial charge in [0, 0.05) is 13.1 Å². The van der Waals surface area contributed by atoms with Gasteiger partial charge in [-0.1, -0.05) is 20.8 Å². The van der Waals surface area contributed by atoms with E-state index in [4.69, 9.17) is 0 Å². The van der Waals surface area contributed by atoms with E-state index in [0.29, 0.717) is 0 Å². The Kier molecular flexibility index (Phi) is 9.68. The van der Waals surface area contributed by atoms with Gasteiger partial charge in [0.05, 0.1) is 5.75 Å². The Morgan fingerprint density at radius 2 is 1.67 bits per heavy atom. The van der Waals surface area contributed by atoms with Gasteiger partial charge in [-0.2, -0.15) is 0 Å². The maximum absolute atomic E-state index is 12.1. The van der Waals surface area contributed by atoms with E-state index in [-0.39, 0.29) is 11.8 Å². The molecule has 0 aromatic carbocycles. The molecule has 0 amide bonds. The van der Waals surface area contributed by atoms with Crippen molar-refractivity contribution in [2.24, 2.45) is 0 Å². The summed E-state index contributed by atoms with van der Waals surface area (Å²) in [4.78, 5) is 0. The quantitative estimate of drug-likeness (QED) is 0.590. The van der Waals surface area contributed by atoms with Crippen LogP contribution in [0.15, 0.2) is 0 Å². The number of nitrogens with one attached hydrogen (secondary N) is 1. The van der Waals surface area contributed by atoms with Gasteiger partial charge in [-0.3, -0.25) is 0 Å². The summed E-state index contributed by atoms with van der Waals surface area (Å²) in [5.41, 5.74) is 0. The second kappa shape index (κ2) is 9.75. The Balaban J connectivity index is 3.99. The second-order valence-corrected chi connectivity index (χ2v) is 6.91. The molecule has 1 N–H and O–H groups in total. The van der Waals surface area contributed by atoms with Gasteiger partial charge in [0.1, 0.15) is 0 Å². The molecule has 110 valence electrons. The summed E-state index contributed by atoms with van der Waals surface area (Å²) < 4.78 is 25.7. The van der Waals surface area contributed by atoms with E-state index >= 15 is 0 Å². The molecular formula is C13H30N2O2S. The third-order valence-corrected chi connectivity index (χ3v) is 5.31. The lowest BCUT2D eigenvalue weighted by atomic mass is 10.2. The third-order valence-electron chi connectivity index (χ3n) is 3.33. The molecule has 0 bridgehead atoms. The molecule has 0 saturated carbocycles. The molecule has 0 spiro atoms. The highest BCUT2D eigenvalue weighted by Gasteiger charge is 2.23. The van der Waals surface area contributed by atoms with Crippen LogP contribution < -0.4 is 5.32 Å². The predicted octanol–water partition coefficient (Wildman–Crippen LogP) is 2.22. The van der Waals surface area contributed by atoms with E-state index < -0.39 is 10.0 Å². The summed E-state index contributed by atoms with van der Waals surface area (Å²) >= 11 is 0. The maximum atomic E-state index is 12.1. The van der Waals surface area contributed by atoms with Crippen molar-refractivity contribution in [1.29, 1.82) is 0 Å². The summed E-state index contributed by atoms with van der Waals surface area (Å²) in [5.74, 6) is 0.272. The molecule has 0 aromatic rings. The molecule has 0 unspecified atom stereocenters. The van der Waals surface area contributed by atoms with Crippen LogP contribution in [0, 0.1) is 0 Å². The first-order chi connectivity index (χ1) is 8.49. The molecule has 0 aliphatic heterocycles.